The van der Waals surface area contributed by atoms with Gasteiger partial charge in [-0.25, -0.2) is 4.98 Å². The van der Waals surface area contributed by atoms with E-state index in [0.717, 1.165) is 11.1 Å². The van der Waals surface area contributed by atoms with Crippen molar-refractivity contribution in [2.75, 3.05) is 40.5 Å². The summed E-state index contributed by atoms with van der Waals surface area (Å²) in [4.78, 5) is 31.4. The van der Waals surface area contributed by atoms with E-state index in [0.29, 0.717) is 50.6 Å². The third kappa shape index (κ3) is 7.26. The largest absolute Gasteiger partial charge is 0.446 e. The van der Waals surface area contributed by atoms with Crippen molar-refractivity contribution in [3.63, 3.8) is 0 Å². The number of amides is 2. The van der Waals surface area contributed by atoms with E-state index in [4.69, 9.17) is 13.9 Å². The molecule has 1 heterocycles. The van der Waals surface area contributed by atoms with Crippen LogP contribution in [0.5, 0.6) is 0 Å². The highest BCUT2D eigenvalue weighted by atomic mass is 16.5. The van der Waals surface area contributed by atoms with Crippen LogP contribution in [0.4, 0.5) is 0 Å². The predicted octanol–water partition coefficient (Wildman–Crippen LogP) is 3.79. The van der Waals surface area contributed by atoms with Gasteiger partial charge in [0.15, 0.2) is 5.69 Å². The fourth-order valence-electron chi connectivity index (χ4n) is 3.43. The molecule has 0 aliphatic heterocycles. The van der Waals surface area contributed by atoms with Crippen molar-refractivity contribution < 1.29 is 23.5 Å². The molecular weight excluding hydrogens is 434 g/mol. The van der Waals surface area contributed by atoms with E-state index < -0.39 is 0 Å². The molecule has 0 unspecified atom stereocenters. The van der Waals surface area contributed by atoms with Crippen molar-refractivity contribution in [3.8, 4) is 11.1 Å². The van der Waals surface area contributed by atoms with Gasteiger partial charge in [0.05, 0.1) is 6.54 Å². The topological polar surface area (TPSA) is 93.9 Å². The Bertz CT molecular complexity index is 1030. The van der Waals surface area contributed by atoms with Crippen molar-refractivity contribution in [2.45, 2.75) is 19.4 Å². The second-order valence-corrected chi connectivity index (χ2v) is 7.75. The van der Waals surface area contributed by atoms with E-state index >= 15 is 0 Å². The number of nitrogens with one attached hydrogen (secondary N) is 1. The average molecular weight is 466 g/mol. The smallest absolute Gasteiger partial charge is 0.273 e. The van der Waals surface area contributed by atoms with Gasteiger partial charge in [0.1, 0.15) is 6.26 Å². The molecule has 1 N–H and O–H groups in total. The lowest BCUT2D eigenvalue weighted by molar-refractivity contribution is 0.0708. The molecule has 0 radical (unpaired) electrons. The third-order valence-electron chi connectivity index (χ3n) is 5.22. The van der Waals surface area contributed by atoms with Gasteiger partial charge in [-0.1, -0.05) is 42.5 Å². The van der Waals surface area contributed by atoms with Crippen LogP contribution in [0.15, 0.2) is 65.3 Å². The molecule has 0 saturated carbocycles. The summed E-state index contributed by atoms with van der Waals surface area (Å²) in [6.07, 6.45) is 2.68. The van der Waals surface area contributed by atoms with Crippen molar-refractivity contribution >= 4 is 11.8 Å². The zero-order valence-corrected chi connectivity index (χ0v) is 19.7. The predicted molar refractivity (Wildman–Crippen MR) is 128 cm³/mol. The fraction of sp³-hybridized carbons (Fsp3) is 0.346. The molecule has 8 heteroatoms. The molecule has 0 atom stereocenters. The zero-order chi connectivity index (χ0) is 24.2. The van der Waals surface area contributed by atoms with Crippen molar-refractivity contribution in [1.82, 2.24) is 15.2 Å². The zero-order valence-electron chi connectivity index (χ0n) is 19.7. The van der Waals surface area contributed by atoms with Gasteiger partial charge in [0, 0.05) is 46.1 Å². The monoisotopic (exact) mass is 465 g/mol. The molecule has 0 bridgehead atoms. The van der Waals surface area contributed by atoms with E-state index in [2.05, 4.69) is 10.3 Å². The molecule has 8 nitrogen and oxygen atoms in total. The lowest BCUT2D eigenvalue weighted by Gasteiger charge is -2.21. The standard InChI is InChI=1S/C26H31N3O5/c1-32-16-6-14-27-25(30)23-19-34-24(28-23)18-29(15-7-17-33-2)26(31)22-12-10-21(11-13-22)20-8-4-3-5-9-20/h3-5,8-13,19H,6-7,14-18H2,1-2H3,(H,27,30). The minimum absolute atomic E-state index is 0.139. The van der Waals surface area contributed by atoms with Gasteiger partial charge in [-0.15, -0.1) is 0 Å². The number of rotatable bonds is 13. The maximum Gasteiger partial charge on any atom is 0.273 e. The van der Waals surface area contributed by atoms with Crippen LogP contribution in [0.3, 0.4) is 0 Å². The summed E-state index contributed by atoms with van der Waals surface area (Å²) in [7, 11) is 3.24. The Labute approximate surface area is 199 Å². The number of aromatic nitrogens is 1. The van der Waals surface area contributed by atoms with Crippen molar-refractivity contribution in [2.24, 2.45) is 0 Å². The first-order valence-corrected chi connectivity index (χ1v) is 11.3. The fourth-order valence-corrected chi connectivity index (χ4v) is 3.43. The quantitative estimate of drug-likeness (QED) is 0.386. The van der Waals surface area contributed by atoms with E-state index in [1.54, 1.807) is 19.1 Å². The summed E-state index contributed by atoms with van der Waals surface area (Å²) in [6, 6.07) is 17.5. The molecule has 180 valence electrons. The van der Waals surface area contributed by atoms with Crippen molar-refractivity contribution in [3.05, 3.63) is 78.0 Å². The maximum absolute atomic E-state index is 13.3. The highest BCUT2D eigenvalue weighted by Gasteiger charge is 2.20. The molecule has 3 aromatic rings. The van der Waals surface area contributed by atoms with Gasteiger partial charge in [-0.2, -0.15) is 0 Å². The van der Waals surface area contributed by atoms with E-state index in [-0.39, 0.29) is 24.1 Å². The number of hydrogen-bond donors (Lipinski definition) is 1. The van der Waals surface area contributed by atoms with Crippen LogP contribution in [0.1, 0.15) is 39.6 Å². The van der Waals surface area contributed by atoms with Gasteiger partial charge < -0.3 is 24.1 Å². The van der Waals surface area contributed by atoms with Gasteiger partial charge in [-0.05, 0) is 36.1 Å². The average Bonchev–Trinajstić information content (AvgIpc) is 3.35. The summed E-state index contributed by atoms with van der Waals surface area (Å²) in [6.45, 7) is 2.19. The maximum atomic E-state index is 13.3. The summed E-state index contributed by atoms with van der Waals surface area (Å²) < 4.78 is 15.6. The Kier molecular flexibility index (Phi) is 9.81. The van der Waals surface area contributed by atoms with E-state index in [9.17, 15) is 9.59 Å². The Morgan fingerprint density at radius 1 is 0.941 bits per heavy atom. The van der Waals surface area contributed by atoms with Crippen LogP contribution in [-0.2, 0) is 16.0 Å². The van der Waals surface area contributed by atoms with Crippen LogP contribution in [0.25, 0.3) is 11.1 Å². The Morgan fingerprint density at radius 3 is 2.32 bits per heavy atom. The molecule has 3 rings (SSSR count). The minimum atomic E-state index is -0.320. The molecule has 2 aromatic carbocycles. The number of ether oxygens (including phenoxy) is 2. The molecular formula is C26H31N3O5. The summed E-state index contributed by atoms with van der Waals surface area (Å²) in [5, 5.41) is 2.77. The van der Waals surface area contributed by atoms with E-state index in [1.165, 1.54) is 6.26 Å². The number of benzene rings is 2. The van der Waals surface area contributed by atoms with Crippen molar-refractivity contribution in [1.29, 1.82) is 0 Å². The van der Waals surface area contributed by atoms with Crippen LogP contribution in [0, 0.1) is 0 Å². The lowest BCUT2D eigenvalue weighted by atomic mass is 10.0. The molecule has 0 fully saturated rings. The Hall–Kier alpha value is -3.49. The number of hydrogen-bond acceptors (Lipinski definition) is 6. The normalized spacial score (nSPS) is 10.8. The minimum Gasteiger partial charge on any atom is -0.446 e. The highest BCUT2D eigenvalue weighted by molar-refractivity contribution is 5.95. The van der Waals surface area contributed by atoms with Crippen LogP contribution >= 0.6 is 0 Å². The van der Waals surface area contributed by atoms with Gasteiger partial charge in [0.25, 0.3) is 11.8 Å². The van der Waals surface area contributed by atoms with E-state index in [1.807, 2.05) is 54.6 Å². The second kappa shape index (κ2) is 13.3. The molecule has 0 aliphatic rings. The SMILES string of the molecule is COCCCNC(=O)c1coc(CN(CCCOC)C(=O)c2ccc(-c3ccccc3)cc2)n1. The number of methoxy groups -OCH3 is 2. The number of oxazole rings is 1. The van der Waals surface area contributed by atoms with Gasteiger partial charge in [0.2, 0.25) is 5.89 Å². The summed E-state index contributed by atoms with van der Waals surface area (Å²) in [5.74, 6) is -0.159. The van der Waals surface area contributed by atoms with Gasteiger partial charge in [-0.3, -0.25) is 9.59 Å². The summed E-state index contributed by atoms with van der Waals surface area (Å²) >= 11 is 0. The van der Waals surface area contributed by atoms with Crippen LogP contribution in [0.2, 0.25) is 0 Å². The number of nitrogens with zero attached hydrogens (tertiary/aromatic N) is 2. The molecule has 0 aliphatic carbocycles. The first-order valence-electron chi connectivity index (χ1n) is 11.3. The lowest BCUT2D eigenvalue weighted by Crippen LogP contribution is -2.32. The first kappa shape index (κ1) is 25.1. The second-order valence-electron chi connectivity index (χ2n) is 7.75. The van der Waals surface area contributed by atoms with Crippen LogP contribution < -0.4 is 5.32 Å². The highest BCUT2D eigenvalue weighted by Crippen LogP contribution is 2.20. The molecule has 0 spiro atoms. The molecule has 1 aromatic heterocycles. The number of carbonyl (C=O) groups excluding carboxylic acids is 2. The van der Waals surface area contributed by atoms with Crippen LogP contribution in [-0.4, -0.2) is 62.2 Å². The Balaban J connectivity index is 1.67. The van der Waals surface area contributed by atoms with Gasteiger partial charge >= 0.3 is 0 Å². The third-order valence-corrected chi connectivity index (χ3v) is 5.22. The number of carbonyl (C=O) groups is 2. The summed E-state index contributed by atoms with van der Waals surface area (Å²) in [5.41, 5.74) is 2.88. The molecule has 34 heavy (non-hydrogen) atoms. The molecule has 2 amide bonds. The molecule has 0 saturated heterocycles. The Morgan fingerprint density at radius 2 is 1.62 bits per heavy atom. The first-order chi connectivity index (χ1) is 16.6.